The second-order valence-electron chi connectivity index (χ2n) is 8.64. The number of aromatic nitrogens is 2. The Morgan fingerprint density at radius 1 is 1.06 bits per heavy atom. The molecule has 0 fully saturated rings. The Bertz CT molecular complexity index is 1110. The molecule has 0 unspecified atom stereocenters. The van der Waals surface area contributed by atoms with Crippen molar-refractivity contribution >= 4 is 17.8 Å². The van der Waals surface area contributed by atoms with Crippen molar-refractivity contribution in [1.82, 2.24) is 20.0 Å². The summed E-state index contributed by atoms with van der Waals surface area (Å²) in [4.78, 5) is 27.0. The van der Waals surface area contributed by atoms with Crippen molar-refractivity contribution in [2.24, 2.45) is 5.92 Å². The highest BCUT2D eigenvalue weighted by molar-refractivity contribution is 5.94. The van der Waals surface area contributed by atoms with Crippen molar-refractivity contribution in [1.29, 1.82) is 0 Å². The molecule has 7 nitrogen and oxygen atoms in total. The summed E-state index contributed by atoms with van der Waals surface area (Å²) in [7, 11) is 0. The van der Waals surface area contributed by atoms with Gasteiger partial charge in [0.1, 0.15) is 12.4 Å². The zero-order valence-corrected chi connectivity index (χ0v) is 20.1. The van der Waals surface area contributed by atoms with Crippen molar-refractivity contribution < 1.29 is 9.59 Å². The van der Waals surface area contributed by atoms with Crippen molar-refractivity contribution in [3.05, 3.63) is 65.7 Å². The predicted molar refractivity (Wildman–Crippen MR) is 133 cm³/mol. The summed E-state index contributed by atoms with van der Waals surface area (Å²) in [6, 6.07) is 17.6. The Hall–Kier alpha value is -3.61. The lowest BCUT2D eigenvalue weighted by Gasteiger charge is -2.24. The number of carbonyl (C=O) groups excluding carboxylic acids is 2. The average Bonchev–Trinajstić information content (AvgIpc) is 3.17. The zero-order valence-electron chi connectivity index (χ0n) is 20.1. The minimum atomic E-state index is -0.271. The summed E-state index contributed by atoms with van der Waals surface area (Å²) in [6.07, 6.45) is 0. The highest BCUT2D eigenvalue weighted by Gasteiger charge is 2.20. The van der Waals surface area contributed by atoms with Crippen LogP contribution in [-0.4, -0.2) is 46.3 Å². The number of carbonyl (C=O) groups is 2. The Morgan fingerprint density at radius 3 is 2.42 bits per heavy atom. The predicted octanol–water partition coefficient (Wildman–Crippen LogP) is 4.78. The Labute approximate surface area is 195 Å². The van der Waals surface area contributed by atoms with Crippen molar-refractivity contribution in [3.63, 3.8) is 0 Å². The monoisotopic (exact) mass is 447 g/mol. The largest absolute Gasteiger partial charge is 0.338 e. The van der Waals surface area contributed by atoms with Gasteiger partial charge in [-0.2, -0.15) is 5.10 Å². The molecular weight excluding hydrogens is 414 g/mol. The fraction of sp³-hybridized carbons (Fsp3) is 0.346. The number of nitrogens with zero attached hydrogens (tertiary/aromatic N) is 3. The van der Waals surface area contributed by atoms with Gasteiger partial charge < -0.3 is 15.5 Å². The molecule has 1 aromatic heterocycles. The van der Waals surface area contributed by atoms with Crippen LogP contribution in [0.4, 0.5) is 10.6 Å². The molecule has 0 atom stereocenters. The van der Waals surface area contributed by atoms with E-state index in [1.165, 1.54) is 0 Å². The van der Waals surface area contributed by atoms with Crippen LogP contribution in [0.2, 0.25) is 0 Å². The number of rotatable bonds is 8. The molecule has 0 spiro atoms. The molecular formula is C26H33N5O2. The van der Waals surface area contributed by atoms with Crippen LogP contribution in [0.25, 0.3) is 16.9 Å². The van der Waals surface area contributed by atoms with Crippen LogP contribution in [0, 0.1) is 19.8 Å². The molecule has 0 aliphatic carbocycles. The van der Waals surface area contributed by atoms with Crippen LogP contribution < -0.4 is 10.6 Å². The number of benzene rings is 2. The van der Waals surface area contributed by atoms with E-state index in [4.69, 9.17) is 5.10 Å². The lowest BCUT2D eigenvalue weighted by Crippen LogP contribution is -2.45. The lowest BCUT2D eigenvalue weighted by atomic mass is 10.1. The molecule has 3 amide bonds. The first kappa shape index (κ1) is 24.0. The second-order valence-corrected chi connectivity index (χ2v) is 8.64. The van der Waals surface area contributed by atoms with Gasteiger partial charge in [-0.1, -0.05) is 61.9 Å². The molecule has 0 aliphatic rings. The van der Waals surface area contributed by atoms with Crippen LogP contribution in [-0.2, 0) is 4.79 Å². The standard InChI is InChI=1S/C26H33N5O2/c1-6-27-26(33)30(16-18(2)3)17-25(32)28-24-15-22(21-10-8-7-9-11-21)29-31(24)23-13-12-19(4)14-20(23)5/h7-15,18H,6,16-17H2,1-5H3,(H,27,33)(H,28,32). The molecule has 3 aromatic rings. The first-order valence-corrected chi connectivity index (χ1v) is 11.3. The van der Waals surface area contributed by atoms with E-state index < -0.39 is 0 Å². The Kier molecular flexibility index (Phi) is 7.87. The van der Waals surface area contributed by atoms with Gasteiger partial charge in [0.05, 0.1) is 11.4 Å². The fourth-order valence-electron chi connectivity index (χ4n) is 3.73. The van der Waals surface area contributed by atoms with Crippen LogP contribution in [0.1, 0.15) is 31.9 Å². The van der Waals surface area contributed by atoms with Crippen LogP contribution in [0.3, 0.4) is 0 Å². The van der Waals surface area contributed by atoms with Gasteiger partial charge in [0, 0.05) is 24.7 Å². The highest BCUT2D eigenvalue weighted by atomic mass is 16.2. The summed E-state index contributed by atoms with van der Waals surface area (Å²) < 4.78 is 1.76. The van der Waals surface area contributed by atoms with E-state index in [-0.39, 0.29) is 24.4 Å². The number of hydrogen-bond donors (Lipinski definition) is 2. The van der Waals surface area contributed by atoms with Gasteiger partial charge in [-0.3, -0.25) is 4.79 Å². The summed E-state index contributed by atoms with van der Waals surface area (Å²) in [5, 5.41) is 10.6. The smallest absolute Gasteiger partial charge is 0.317 e. The summed E-state index contributed by atoms with van der Waals surface area (Å²) in [5.41, 5.74) is 4.82. The third kappa shape index (κ3) is 6.22. The third-order valence-electron chi connectivity index (χ3n) is 5.16. The average molecular weight is 448 g/mol. The maximum Gasteiger partial charge on any atom is 0.317 e. The maximum atomic E-state index is 13.0. The van der Waals surface area contributed by atoms with E-state index in [1.54, 1.807) is 9.58 Å². The van der Waals surface area contributed by atoms with E-state index >= 15 is 0 Å². The summed E-state index contributed by atoms with van der Waals surface area (Å²) >= 11 is 0. The van der Waals surface area contributed by atoms with Gasteiger partial charge in [-0.15, -0.1) is 0 Å². The van der Waals surface area contributed by atoms with E-state index in [1.807, 2.05) is 83.1 Å². The first-order chi connectivity index (χ1) is 15.8. The van der Waals surface area contributed by atoms with Gasteiger partial charge in [-0.25, -0.2) is 9.48 Å². The number of aryl methyl sites for hydroxylation is 2. The fourth-order valence-corrected chi connectivity index (χ4v) is 3.73. The van der Waals surface area contributed by atoms with Gasteiger partial charge in [0.2, 0.25) is 5.91 Å². The second kappa shape index (κ2) is 10.8. The minimum absolute atomic E-state index is 0.0389. The molecule has 174 valence electrons. The van der Waals surface area contributed by atoms with E-state index in [0.717, 1.165) is 28.1 Å². The van der Waals surface area contributed by atoms with Gasteiger partial charge >= 0.3 is 6.03 Å². The molecule has 0 aliphatic heterocycles. The number of anilines is 1. The van der Waals surface area contributed by atoms with Gasteiger partial charge in [0.15, 0.2) is 0 Å². The molecule has 7 heteroatoms. The highest BCUT2D eigenvalue weighted by Crippen LogP contribution is 2.26. The Balaban J connectivity index is 1.92. The summed E-state index contributed by atoms with van der Waals surface area (Å²) in [5.74, 6) is 0.532. The number of nitrogens with one attached hydrogen (secondary N) is 2. The molecule has 0 bridgehead atoms. The molecule has 3 rings (SSSR count). The quantitative estimate of drug-likeness (QED) is 0.521. The van der Waals surface area contributed by atoms with E-state index in [9.17, 15) is 9.59 Å². The minimum Gasteiger partial charge on any atom is -0.338 e. The van der Waals surface area contributed by atoms with Gasteiger partial charge in [0.25, 0.3) is 0 Å². The molecule has 0 saturated heterocycles. The number of urea groups is 1. The Morgan fingerprint density at radius 2 is 1.79 bits per heavy atom. The van der Waals surface area contributed by atoms with Crippen molar-refractivity contribution in [2.75, 3.05) is 25.0 Å². The van der Waals surface area contributed by atoms with Crippen molar-refractivity contribution in [2.45, 2.75) is 34.6 Å². The van der Waals surface area contributed by atoms with Crippen LogP contribution in [0.5, 0.6) is 0 Å². The molecule has 2 aromatic carbocycles. The molecule has 1 heterocycles. The van der Waals surface area contributed by atoms with Crippen LogP contribution in [0.15, 0.2) is 54.6 Å². The third-order valence-corrected chi connectivity index (χ3v) is 5.16. The molecule has 0 radical (unpaired) electrons. The van der Waals surface area contributed by atoms with Crippen LogP contribution >= 0.6 is 0 Å². The van der Waals surface area contributed by atoms with E-state index in [2.05, 4.69) is 16.7 Å². The van der Waals surface area contributed by atoms with Crippen molar-refractivity contribution in [3.8, 4) is 16.9 Å². The molecule has 33 heavy (non-hydrogen) atoms. The number of amides is 3. The normalized spacial score (nSPS) is 10.8. The zero-order chi connectivity index (χ0) is 24.0. The molecule has 0 saturated carbocycles. The van der Waals surface area contributed by atoms with E-state index in [0.29, 0.717) is 18.9 Å². The topological polar surface area (TPSA) is 79.3 Å². The lowest BCUT2D eigenvalue weighted by molar-refractivity contribution is -0.116. The number of hydrogen-bond acceptors (Lipinski definition) is 3. The van der Waals surface area contributed by atoms with Gasteiger partial charge in [-0.05, 0) is 38.3 Å². The maximum absolute atomic E-state index is 13.0. The molecule has 2 N–H and O–H groups in total. The first-order valence-electron chi connectivity index (χ1n) is 11.3. The summed E-state index contributed by atoms with van der Waals surface area (Å²) in [6.45, 7) is 10.9. The SMILES string of the molecule is CCNC(=O)N(CC(=O)Nc1cc(-c2ccccc2)nn1-c1ccc(C)cc1C)CC(C)C.